The van der Waals surface area contributed by atoms with Crippen molar-refractivity contribution >= 4 is 31.3 Å². The van der Waals surface area contributed by atoms with E-state index >= 15 is 0 Å². The van der Waals surface area contributed by atoms with Gasteiger partial charge in [-0.05, 0) is 26.7 Å². The lowest BCUT2D eigenvalue weighted by Gasteiger charge is -2.15. The molecule has 0 spiro atoms. The molecule has 3 unspecified atom stereocenters. The normalized spacial score (nSPS) is 14.4. The van der Waals surface area contributed by atoms with E-state index in [0.717, 1.165) is 28.9 Å². The molecule has 7 heteroatoms. The fourth-order valence-electron chi connectivity index (χ4n) is 1.88. The van der Waals surface area contributed by atoms with Gasteiger partial charge in [0.25, 0.3) is 0 Å². The number of carbonyl (C=O) groups excluding carboxylic acids is 1. The molecular formula is C14H25N3O2PS+. The molecule has 0 aliphatic heterocycles. The lowest BCUT2D eigenvalue weighted by Crippen LogP contribution is -2.34. The molecule has 3 atom stereocenters. The smallest absolute Gasteiger partial charge is 0.407 e. The Hall–Kier alpha value is -0.970. The Labute approximate surface area is 131 Å². The molecule has 0 aliphatic rings. The number of amides is 1. The first-order valence-electron chi connectivity index (χ1n) is 6.98. The van der Waals surface area contributed by atoms with Crippen LogP contribution in [0.15, 0.2) is 6.20 Å². The van der Waals surface area contributed by atoms with E-state index in [1.54, 1.807) is 6.20 Å². The molecule has 21 heavy (non-hydrogen) atoms. The van der Waals surface area contributed by atoms with Crippen LogP contribution in [0.5, 0.6) is 0 Å². The van der Waals surface area contributed by atoms with Crippen LogP contribution in [0.3, 0.4) is 0 Å². The maximum Gasteiger partial charge on any atom is 0.407 e. The Bertz CT molecular complexity index is 479. The van der Waals surface area contributed by atoms with E-state index in [-0.39, 0.29) is 26.2 Å². The number of thiazole rings is 1. The predicted molar refractivity (Wildman–Crippen MR) is 91.7 cm³/mol. The van der Waals surface area contributed by atoms with Gasteiger partial charge in [-0.25, -0.2) is 9.78 Å². The van der Waals surface area contributed by atoms with Crippen LogP contribution >= 0.6 is 18.9 Å². The van der Waals surface area contributed by atoms with Gasteiger partial charge in [0.1, 0.15) is 12.8 Å². The van der Waals surface area contributed by atoms with Gasteiger partial charge in [-0.2, -0.15) is 0 Å². The summed E-state index contributed by atoms with van der Waals surface area (Å²) in [6.07, 6.45) is 8.04. The average molecular weight is 330 g/mol. The summed E-state index contributed by atoms with van der Waals surface area (Å²) >= 11 is 1.53. The van der Waals surface area contributed by atoms with Gasteiger partial charge in [-0.15, -0.1) is 11.3 Å². The van der Waals surface area contributed by atoms with Crippen LogP contribution in [-0.4, -0.2) is 42.3 Å². The molecule has 0 radical (unpaired) electrons. The molecule has 0 saturated heterocycles. The van der Waals surface area contributed by atoms with E-state index in [0.29, 0.717) is 0 Å². The third-order valence-corrected chi connectivity index (χ3v) is 4.87. The Kier molecular flexibility index (Phi) is 7.86. The van der Waals surface area contributed by atoms with E-state index < -0.39 is 6.09 Å². The summed E-state index contributed by atoms with van der Waals surface area (Å²) in [5, 5.41) is 3.79. The van der Waals surface area contributed by atoms with Crippen molar-refractivity contribution in [3.63, 3.8) is 0 Å². The minimum atomic E-state index is -0.392. The minimum Gasteiger partial charge on any atom is -0.444 e. The highest BCUT2D eigenvalue weighted by Gasteiger charge is 2.13. The molecule has 0 aliphatic carbocycles. The van der Waals surface area contributed by atoms with Crippen molar-refractivity contribution in [3.05, 3.63) is 16.1 Å². The number of ether oxygens (including phenoxy) is 1. The van der Waals surface area contributed by atoms with Crippen molar-refractivity contribution in [1.29, 1.82) is 0 Å². The number of aryl methyl sites for hydroxylation is 1. The zero-order chi connectivity index (χ0) is 15.8. The second-order valence-electron chi connectivity index (χ2n) is 5.34. The number of nitrogens with zero attached hydrogens (tertiary/aromatic N) is 1. The Morgan fingerprint density at radius 2 is 2.33 bits per heavy atom. The first-order chi connectivity index (χ1) is 9.86. The van der Waals surface area contributed by atoms with Crippen LogP contribution in [0.2, 0.25) is 0 Å². The van der Waals surface area contributed by atoms with Crippen LogP contribution in [0.4, 0.5) is 4.79 Å². The van der Waals surface area contributed by atoms with Crippen LogP contribution < -0.4 is 11.1 Å². The molecule has 0 aromatic carbocycles. The summed E-state index contributed by atoms with van der Waals surface area (Å²) in [4.78, 5) is 16.7. The number of aromatic nitrogens is 1. The van der Waals surface area contributed by atoms with Crippen LogP contribution in [-0.2, 0) is 11.3 Å². The third-order valence-electron chi connectivity index (χ3n) is 2.90. The van der Waals surface area contributed by atoms with E-state index in [9.17, 15) is 4.79 Å². The van der Waals surface area contributed by atoms with Gasteiger partial charge in [-0.3, -0.25) is 0 Å². The number of hydrogen-bond donors (Lipinski definition) is 2. The van der Waals surface area contributed by atoms with Crippen molar-refractivity contribution in [1.82, 2.24) is 10.3 Å². The Morgan fingerprint density at radius 3 is 2.90 bits per heavy atom. The zero-order valence-corrected chi connectivity index (χ0v) is 14.7. The lowest BCUT2D eigenvalue weighted by atomic mass is 10.1. The fourth-order valence-corrected chi connectivity index (χ4v) is 3.57. The van der Waals surface area contributed by atoms with Gasteiger partial charge in [0.05, 0.1) is 30.4 Å². The second-order valence-corrected chi connectivity index (χ2v) is 8.74. The topological polar surface area (TPSA) is 77.2 Å². The van der Waals surface area contributed by atoms with E-state index in [4.69, 9.17) is 10.5 Å². The van der Waals surface area contributed by atoms with Gasteiger partial charge >= 0.3 is 6.09 Å². The number of nitrogens with one attached hydrogen (secondary N) is 1. The minimum absolute atomic E-state index is 0.0552. The monoisotopic (exact) mass is 330 g/mol. The van der Waals surface area contributed by atoms with E-state index in [1.807, 2.05) is 13.8 Å². The Balaban J connectivity index is 2.19. The SMILES string of the molecule is C=[P+](C)CC(N)CCC(C)NC(=O)OCc1cnc(C)s1. The summed E-state index contributed by atoms with van der Waals surface area (Å²) in [5.74, 6) is 0. The third kappa shape index (κ3) is 8.15. The average Bonchev–Trinajstić information content (AvgIpc) is 2.79. The maximum atomic E-state index is 11.7. The molecule has 1 aromatic rings. The highest BCUT2D eigenvalue weighted by Crippen LogP contribution is 2.16. The first-order valence-corrected chi connectivity index (χ1v) is 9.96. The zero-order valence-electron chi connectivity index (χ0n) is 13.0. The first kappa shape index (κ1) is 18.1. The number of hydrogen-bond acceptors (Lipinski definition) is 5. The summed E-state index contributed by atoms with van der Waals surface area (Å²) in [5.41, 5.74) is 6.02. The van der Waals surface area contributed by atoms with Gasteiger partial charge in [0.15, 0.2) is 0 Å². The molecule has 1 heterocycles. The predicted octanol–water partition coefficient (Wildman–Crippen LogP) is 2.72. The quantitative estimate of drug-likeness (QED) is 0.719. The largest absolute Gasteiger partial charge is 0.444 e. The molecule has 1 rings (SSSR count). The second kappa shape index (κ2) is 9.13. The van der Waals surface area contributed by atoms with Crippen molar-refractivity contribution in [2.75, 3.05) is 12.8 Å². The number of carbonyl (C=O) groups is 1. The van der Waals surface area contributed by atoms with Crippen molar-refractivity contribution < 1.29 is 9.53 Å². The molecule has 118 valence electrons. The molecule has 0 fully saturated rings. The van der Waals surface area contributed by atoms with Crippen LogP contribution in [0, 0.1) is 6.92 Å². The number of rotatable bonds is 8. The van der Waals surface area contributed by atoms with E-state index in [1.165, 1.54) is 11.3 Å². The molecular weight excluding hydrogens is 305 g/mol. The molecule has 1 aromatic heterocycles. The van der Waals surface area contributed by atoms with Crippen LogP contribution in [0.25, 0.3) is 0 Å². The fraction of sp³-hybridized carbons (Fsp3) is 0.643. The van der Waals surface area contributed by atoms with Gasteiger partial charge in [-0.1, -0.05) is 0 Å². The lowest BCUT2D eigenvalue weighted by molar-refractivity contribution is 0.136. The van der Waals surface area contributed by atoms with Gasteiger partial charge < -0.3 is 15.8 Å². The van der Waals surface area contributed by atoms with Crippen molar-refractivity contribution in [2.24, 2.45) is 5.73 Å². The number of nitrogens with two attached hydrogens (primary N) is 1. The van der Waals surface area contributed by atoms with Crippen molar-refractivity contribution in [3.8, 4) is 0 Å². The molecule has 5 nitrogen and oxygen atoms in total. The Morgan fingerprint density at radius 1 is 1.62 bits per heavy atom. The molecule has 1 amide bonds. The molecule has 0 bridgehead atoms. The molecule has 0 saturated carbocycles. The van der Waals surface area contributed by atoms with Gasteiger partial charge in [0.2, 0.25) is 0 Å². The standard InChI is InChI=1S/C14H24N3O2PS/c1-10(5-6-12(15)9-20(3)4)17-14(18)19-8-13-7-16-11(2)21-13/h7,10,12H,3,5-6,8-9,15H2,1-2,4H3/p+1. The molecule has 3 N–H and O–H groups in total. The maximum absolute atomic E-state index is 11.7. The highest BCUT2D eigenvalue weighted by molar-refractivity contribution is 7.55. The summed E-state index contributed by atoms with van der Waals surface area (Å²) in [6, 6.07) is 0.221. The van der Waals surface area contributed by atoms with Crippen molar-refractivity contribution in [2.45, 2.75) is 45.4 Å². The summed E-state index contributed by atoms with van der Waals surface area (Å²) < 4.78 is 5.17. The van der Waals surface area contributed by atoms with Gasteiger partial charge in [0, 0.05) is 18.3 Å². The summed E-state index contributed by atoms with van der Waals surface area (Å²) in [7, 11) is -0.209. The summed E-state index contributed by atoms with van der Waals surface area (Å²) in [6.45, 7) is 6.28. The van der Waals surface area contributed by atoms with E-state index in [2.05, 4.69) is 23.3 Å². The van der Waals surface area contributed by atoms with Crippen LogP contribution in [0.1, 0.15) is 29.7 Å². The number of alkyl carbamates (subject to hydrolysis) is 1. The highest BCUT2D eigenvalue weighted by atomic mass is 32.1.